The Morgan fingerprint density at radius 1 is 1.18 bits per heavy atom. The summed E-state index contributed by atoms with van der Waals surface area (Å²) in [5, 5.41) is 0.860. The van der Waals surface area contributed by atoms with Gasteiger partial charge in [-0.2, -0.15) is 4.99 Å². The van der Waals surface area contributed by atoms with Gasteiger partial charge < -0.3 is 9.80 Å². The van der Waals surface area contributed by atoms with Gasteiger partial charge >= 0.3 is 0 Å². The first-order valence-electron chi connectivity index (χ1n) is 7.72. The lowest BCUT2D eigenvalue weighted by Gasteiger charge is -2.34. The Bertz CT molecular complexity index is 613. The number of nitrogens with zero attached hydrogens (tertiary/aromatic N) is 3. The van der Waals surface area contributed by atoms with Crippen LogP contribution in [0, 0.1) is 6.92 Å². The maximum Gasteiger partial charge on any atom is 0.286 e. The molecular formula is C17H21N3OS. The van der Waals surface area contributed by atoms with E-state index in [1.807, 2.05) is 18.2 Å². The summed E-state index contributed by atoms with van der Waals surface area (Å²) in [6, 6.07) is 8.19. The number of hydrogen-bond donors (Lipinski definition) is 0. The van der Waals surface area contributed by atoms with Crippen LogP contribution in [0.3, 0.4) is 0 Å². The molecule has 2 aliphatic rings. The predicted octanol–water partition coefficient (Wildman–Crippen LogP) is 2.60. The van der Waals surface area contributed by atoms with Gasteiger partial charge in [0.05, 0.1) is 4.91 Å². The third-order valence-electron chi connectivity index (χ3n) is 4.07. The van der Waals surface area contributed by atoms with E-state index >= 15 is 0 Å². The molecule has 2 heterocycles. The van der Waals surface area contributed by atoms with Gasteiger partial charge in [0.2, 0.25) is 0 Å². The first kappa shape index (κ1) is 15.3. The van der Waals surface area contributed by atoms with Gasteiger partial charge in [0, 0.05) is 26.2 Å². The van der Waals surface area contributed by atoms with Crippen molar-refractivity contribution in [1.29, 1.82) is 0 Å². The van der Waals surface area contributed by atoms with Gasteiger partial charge in [-0.3, -0.25) is 4.79 Å². The van der Waals surface area contributed by atoms with Crippen molar-refractivity contribution in [3.63, 3.8) is 0 Å². The Hall–Kier alpha value is -1.59. The molecule has 1 aromatic rings. The molecule has 0 N–H and O–H groups in total. The van der Waals surface area contributed by atoms with Crippen LogP contribution in [0.15, 0.2) is 34.2 Å². The maximum atomic E-state index is 12.1. The zero-order chi connectivity index (χ0) is 15.5. The fraction of sp³-hybridized carbons (Fsp3) is 0.412. The van der Waals surface area contributed by atoms with Gasteiger partial charge in [0.25, 0.3) is 5.91 Å². The molecule has 0 radical (unpaired) electrons. The quantitative estimate of drug-likeness (QED) is 0.786. The highest BCUT2D eigenvalue weighted by atomic mass is 32.2. The number of thioether (sulfide) groups is 1. The molecule has 0 aromatic heterocycles. The van der Waals surface area contributed by atoms with E-state index in [2.05, 4.69) is 40.8 Å². The Balaban J connectivity index is 1.67. The van der Waals surface area contributed by atoms with Crippen molar-refractivity contribution >= 4 is 28.9 Å². The fourth-order valence-electron chi connectivity index (χ4n) is 2.60. The summed E-state index contributed by atoms with van der Waals surface area (Å²) in [5.74, 6) is -0.113. The Labute approximate surface area is 135 Å². The highest BCUT2D eigenvalue weighted by Gasteiger charge is 2.28. The second kappa shape index (κ2) is 6.67. The van der Waals surface area contributed by atoms with Crippen molar-refractivity contribution in [2.45, 2.75) is 13.8 Å². The van der Waals surface area contributed by atoms with Gasteiger partial charge in [0.1, 0.15) is 0 Å². The molecule has 22 heavy (non-hydrogen) atoms. The molecule has 4 nitrogen and oxygen atoms in total. The van der Waals surface area contributed by atoms with Crippen molar-refractivity contribution in [2.75, 3.05) is 32.7 Å². The van der Waals surface area contributed by atoms with E-state index in [9.17, 15) is 4.79 Å². The van der Waals surface area contributed by atoms with Crippen LogP contribution < -0.4 is 0 Å². The molecule has 0 saturated carbocycles. The van der Waals surface area contributed by atoms with Crippen LogP contribution >= 0.6 is 11.8 Å². The number of aliphatic imine (C=N–C) groups is 1. The van der Waals surface area contributed by atoms with Crippen LogP contribution in [0.5, 0.6) is 0 Å². The fourth-order valence-corrected chi connectivity index (χ4v) is 3.57. The molecule has 1 fully saturated rings. The monoisotopic (exact) mass is 315 g/mol. The number of carbonyl (C=O) groups is 1. The molecule has 3 rings (SSSR count). The molecular weight excluding hydrogens is 294 g/mol. The van der Waals surface area contributed by atoms with Crippen LogP contribution in [0.1, 0.15) is 18.1 Å². The molecule has 0 unspecified atom stereocenters. The lowest BCUT2D eigenvalue weighted by molar-refractivity contribution is -0.113. The van der Waals surface area contributed by atoms with Crippen LogP contribution in [-0.4, -0.2) is 53.6 Å². The first-order valence-corrected chi connectivity index (χ1v) is 8.54. The molecule has 2 aliphatic heterocycles. The summed E-state index contributed by atoms with van der Waals surface area (Å²) >= 11 is 1.50. The molecule has 0 atom stereocenters. The third-order valence-corrected chi connectivity index (χ3v) is 5.12. The van der Waals surface area contributed by atoms with E-state index in [1.54, 1.807) is 0 Å². The number of piperazine rings is 1. The first-order chi connectivity index (χ1) is 10.7. The van der Waals surface area contributed by atoms with Crippen molar-refractivity contribution in [3.8, 4) is 0 Å². The lowest BCUT2D eigenvalue weighted by atomic mass is 10.1. The maximum absolute atomic E-state index is 12.1. The zero-order valence-corrected chi connectivity index (χ0v) is 13.9. The number of carbonyl (C=O) groups excluding carboxylic acids is 1. The lowest BCUT2D eigenvalue weighted by Crippen LogP contribution is -2.47. The minimum absolute atomic E-state index is 0.113. The standard InChI is InChI=1S/C17H21N3OS/c1-3-19-8-10-20(11-9-19)17-18-16(21)15(22-17)12-14-6-4-13(2)5-7-14/h4-7,12H,3,8-11H2,1-2H3. The van der Waals surface area contributed by atoms with Crippen LogP contribution in [-0.2, 0) is 4.79 Å². The number of amidine groups is 1. The number of amides is 1. The smallest absolute Gasteiger partial charge is 0.286 e. The summed E-state index contributed by atoms with van der Waals surface area (Å²) < 4.78 is 0. The molecule has 1 saturated heterocycles. The molecule has 5 heteroatoms. The largest absolute Gasteiger partial charge is 0.348 e. The summed E-state index contributed by atoms with van der Waals surface area (Å²) in [4.78, 5) is 21.7. The SMILES string of the molecule is CCN1CCN(C2=NC(=O)C(=Cc3ccc(C)cc3)S2)CC1. The van der Waals surface area contributed by atoms with Gasteiger partial charge in [-0.25, -0.2) is 0 Å². The van der Waals surface area contributed by atoms with Gasteiger partial charge in [0.15, 0.2) is 5.17 Å². The van der Waals surface area contributed by atoms with E-state index < -0.39 is 0 Å². The average Bonchev–Trinajstić information content (AvgIpc) is 2.91. The second-order valence-electron chi connectivity index (χ2n) is 5.64. The average molecular weight is 315 g/mol. The minimum atomic E-state index is -0.113. The van der Waals surface area contributed by atoms with Crippen molar-refractivity contribution in [2.24, 2.45) is 4.99 Å². The summed E-state index contributed by atoms with van der Waals surface area (Å²) in [7, 11) is 0. The number of likely N-dealkylation sites (N-methyl/N-ethyl adjacent to an activating group) is 1. The number of benzene rings is 1. The summed E-state index contributed by atoms with van der Waals surface area (Å²) in [6.07, 6.45) is 1.94. The third kappa shape index (κ3) is 3.42. The van der Waals surface area contributed by atoms with Gasteiger partial charge in [-0.1, -0.05) is 36.8 Å². The van der Waals surface area contributed by atoms with Crippen molar-refractivity contribution < 1.29 is 4.79 Å². The summed E-state index contributed by atoms with van der Waals surface area (Å²) in [5.41, 5.74) is 2.27. The van der Waals surface area contributed by atoms with Crippen molar-refractivity contribution in [1.82, 2.24) is 9.80 Å². The zero-order valence-electron chi connectivity index (χ0n) is 13.1. The van der Waals surface area contributed by atoms with E-state index in [0.29, 0.717) is 0 Å². The Morgan fingerprint density at radius 2 is 1.86 bits per heavy atom. The Morgan fingerprint density at radius 3 is 2.50 bits per heavy atom. The second-order valence-corrected chi connectivity index (χ2v) is 6.65. The van der Waals surface area contributed by atoms with Crippen LogP contribution in [0.4, 0.5) is 0 Å². The summed E-state index contributed by atoms with van der Waals surface area (Å²) in [6.45, 7) is 9.32. The number of hydrogen-bond acceptors (Lipinski definition) is 4. The highest BCUT2D eigenvalue weighted by Crippen LogP contribution is 2.30. The molecule has 1 amide bonds. The molecule has 0 spiro atoms. The highest BCUT2D eigenvalue weighted by molar-refractivity contribution is 8.18. The normalized spacial score (nSPS) is 21.5. The van der Waals surface area contributed by atoms with Gasteiger partial charge in [-0.05, 0) is 36.9 Å². The van der Waals surface area contributed by atoms with Crippen molar-refractivity contribution in [3.05, 3.63) is 40.3 Å². The van der Waals surface area contributed by atoms with E-state index in [0.717, 1.165) is 48.4 Å². The van der Waals surface area contributed by atoms with E-state index in [1.165, 1.54) is 17.3 Å². The Kier molecular flexibility index (Phi) is 4.64. The topological polar surface area (TPSA) is 35.9 Å². The number of rotatable bonds is 2. The predicted molar refractivity (Wildman–Crippen MR) is 92.9 cm³/mol. The molecule has 1 aromatic carbocycles. The minimum Gasteiger partial charge on any atom is -0.348 e. The van der Waals surface area contributed by atoms with Crippen LogP contribution in [0.2, 0.25) is 0 Å². The van der Waals surface area contributed by atoms with E-state index in [4.69, 9.17) is 0 Å². The van der Waals surface area contributed by atoms with E-state index in [-0.39, 0.29) is 5.91 Å². The molecule has 0 aliphatic carbocycles. The van der Waals surface area contributed by atoms with Crippen LogP contribution in [0.25, 0.3) is 6.08 Å². The number of aryl methyl sites for hydroxylation is 1. The van der Waals surface area contributed by atoms with Gasteiger partial charge in [-0.15, -0.1) is 0 Å². The molecule has 0 bridgehead atoms. The molecule has 116 valence electrons.